The summed E-state index contributed by atoms with van der Waals surface area (Å²) in [6, 6.07) is 9.17. The molecule has 0 radical (unpaired) electrons. The van der Waals surface area contributed by atoms with Gasteiger partial charge in [0.25, 0.3) is 5.91 Å². The van der Waals surface area contributed by atoms with E-state index in [1.807, 2.05) is 13.8 Å². The number of amides is 1. The van der Waals surface area contributed by atoms with E-state index in [-0.39, 0.29) is 30.5 Å². The van der Waals surface area contributed by atoms with Crippen LogP contribution in [-0.4, -0.2) is 28.2 Å². The van der Waals surface area contributed by atoms with E-state index in [0.29, 0.717) is 30.2 Å². The first kappa shape index (κ1) is 28.1. The van der Waals surface area contributed by atoms with Gasteiger partial charge in [-0.05, 0) is 67.6 Å². The van der Waals surface area contributed by atoms with Crippen LogP contribution in [0.15, 0.2) is 48.5 Å². The van der Waals surface area contributed by atoms with Crippen LogP contribution in [0.4, 0.5) is 27.6 Å². The van der Waals surface area contributed by atoms with Gasteiger partial charge in [-0.3, -0.25) is 9.59 Å². The number of hydrogen-bond acceptors (Lipinski definition) is 3. The summed E-state index contributed by atoms with van der Waals surface area (Å²) in [5.41, 5.74) is -0.308. The molecule has 208 valence electrons. The molecule has 1 amide bonds. The number of carbonyl (C=O) groups excluding carboxylic acids is 1. The van der Waals surface area contributed by atoms with Gasteiger partial charge >= 0.3 is 12.1 Å². The predicted octanol–water partition coefficient (Wildman–Crippen LogP) is 6.82. The van der Waals surface area contributed by atoms with Crippen LogP contribution in [0.3, 0.4) is 0 Å². The number of aromatic nitrogens is 1. The van der Waals surface area contributed by atoms with Crippen molar-refractivity contribution >= 4 is 17.6 Å². The maximum atomic E-state index is 13.9. The van der Waals surface area contributed by atoms with E-state index in [4.69, 9.17) is 4.74 Å². The van der Waals surface area contributed by atoms with E-state index in [9.17, 15) is 36.6 Å². The van der Waals surface area contributed by atoms with Crippen LogP contribution in [0, 0.1) is 17.6 Å². The Morgan fingerprint density at radius 2 is 1.87 bits per heavy atom. The summed E-state index contributed by atoms with van der Waals surface area (Å²) in [4.78, 5) is 24.5. The summed E-state index contributed by atoms with van der Waals surface area (Å²) in [6.07, 6.45) is -3.57. The number of aliphatic carboxylic acids is 1. The van der Waals surface area contributed by atoms with Crippen molar-refractivity contribution in [2.45, 2.75) is 51.2 Å². The normalized spacial score (nSPS) is 17.5. The minimum atomic E-state index is -4.74. The van der Waals surface area contributed by atoms with Crippen LogP contribution in [0.2, 0.25) is 0 Å². The first-order valence-electron chi connectivity index (χ1n) is 12.4. The number of ether oxygens (including phenoxy) is 1. The molecule has 0 aliphatic heterocycles. The summed E-state index contributed by atoms with van der Waals surface area (Å²) in [7, 11) is 0. The third-order valence-electron chi connectivity index (χ3n) is 6.91. The van der Waals surface area contributed by atoms with E-state index in [0.717, 1.165) is 12.1 Å². The lowest BCUT2D eigenvalue weighted by molar-refractivity contribution is -0.139. The van der Waals surface area contributed by atoms with Gasteiger partial charge in [0.15, 0.2) is 11.6 Å². The third-order valence-corrected chi connectivity index (χ3v) is 6.91. The van der Waals surface area contributed by atoms with Gasteiger partial charge in [0, 0.05) is 24.2 Å². The first-order chi connectivity index (χ1) is 18.4. The zero-order chi connectivity index (χ0) is 28.5. The number of benzene rings is 2. The molecular weight excluding hydrogens is 523 g/mol. The maximum Gasteiger partial charge on any atom is 0.418 e. The Bertz CT molecular complexity index is 1380. The molecule has 1 saturated carbocycles. The summed E-state index contributed by atoms with van der Waals surface area (Å²) in [6.45, 7) is 3.75. The second kappa shape index (κ2) is 11.1. The minimum absolute atomic E-state index is 0.0104. The zero-order valence-electron chi connectivity index (χ0n) is 21.2. The molecule has 2 aromatic carbocycles. The van der Waals surface area contributed by atoms with Crippen molar-refractivity contribution in [3.05, 3.63) is 82.7 Å². The van der Waals surface area contributed by atoms with Gasteiger partial charge in [-0.1, -0.05) is 13.0 Å². The fourth-order valence-electron chi connectivity index (χ4n) is 4.61. The Morgan fingerprint density at radius 1 is 1.13 bits per heavy atom. The van der Waals surface area contributed by atoms with E-state index in [1.165, 1.54) is 24.3 Å². The number of hydrogen-bond donors (Lipinski definition) is 2. The summed E-state index contributed by atoms with van der Waals surface area (Å²) < 4.78 is 75.3. The molecule has 1 heterocycles. The monoisotopic (exact) mass is 550 g/mol. The molecular formula is C28H27F5N2O4. The Labute approximate surface area is 221 Å². The highest BCUT2D eigenvalue weighted by molar-refractivity contribution is 6.04. The van der Waals surface area contributed by atoms with Gasteiger partial charge in [0.1, 0.15) is 11.5 Å². The lowest BCUT2D eigenvalue weighted by Crippen LogP contribution is -2.22. The molecule has 0 bridgehead atoms. The molecule has 39 heavy (non-hydrogen) atoms. The number of nitrogens with zero attached hydrogens (tertiary/aromatic N) is 1. The Kier molecular flexibility index (Phi) is 7.99. The molecule has 0 spiro atoms. The molecule has 1 aliphatic carbocycles. The van der Waals surface area contributed by atoms with Crippen molar-refractivity contribution in [3.8, 4) is 5.75 Å². The predicted molar refractivity (Wildman–Crippen MR) is 133 cm³/mol. The van der Waals surface area contributed by atoms with Gasteiger partial charge in [-0.25, -0.2) is 8.78 Å². The number of carbonyl (C=O) groups is 2. The number of rotatable bonds is 10. The Morgan fingerprint density at radius 3 is 2.49 bits per heavy atom. The van der Waals surface area contributed by atoms with E-state index in [2.05, 4.69) is 5.32 Å². The fraction of sp³-hybridized carbons (Fsp3) is 0.357. The lowest BCUT2D eigenvalue weighted by Gasteiger charge is -2.21. The molecule has 4 rings (SSSR count). The third kappa shape index (κ3) is 6.23. The van der Waals surface area contributed by atoms with Crippen LogP contribution in [0.1, 0.15) is 66.0 Å². The standard InChI is InChI=1S/C28H27F5N2O4/c1-3-15(2)35-18(10-11-39-25-9-5-17(29)13-22(25)30)6-8-24(35)26(36)34-23-12-16(19-14-20(19)27(37)38)4-7-21(23)28(31,32)33/h4-9,12-13,15,19-20H,3,10-11,14H2,1-2H3,(H,34,36)(H,37,38)/t15?,19-,20-/m1/s1. The summed E-state index contributed by atoms with van der Waals surface area (Å²) >= 11 is 0. The topological polar surface area (TPSA) is 80.6 Å². The highest BCUT2D eigenvalue weighted by Crippen LogP contribution is 2.49. The zero-order valence-corrected chi connectivity index (χ0v) is 21.2. The fourth-order valence-corrected chi connectivity index (χ4v) is 4.61. The summed E-state index contributed by atoms with van der Waals surface area (Å²) in [5, 5.41) is 11.6. The Balaban J connectivity index is 1.57. The lowest BCUT2D eigenvalue weighted by atomic mass is 10.0. The van der Waals surface area contributed by atoms with Gasteiger partial charge in [-0.2, -0.15) is 13.2 Å². The Hall–Kier alpha value is -3.89. The second-order valence-corrected chi connectivity index (χ2v) is 9.55. The number of halogens is 5. The van der Waals surface area contributed by atoms with Gasteiger partial charge in [0.05, 0.1) is 23.8 Å². The van der Waals surface area contributed by atoms with Crippen LogP contribution >= 0.6 is 0 Å². The van der Waals surface area contributed by atoms with Crippen molar-refractivity contribution in [2.75, 3.05) is 11.9 Å². The molecule has 2 N–H and O–H groups in total. The van der Waals surface area contributed by atoms with Gasteiger partial charge < -0.3 is 19.7 Å². The average Bonchev–Trinajstić information content (AvgIpc) is 3.57. The van der Waals surface area contributed by atoms with E-state index in [1.54, 1.807) is 10.6 Å². The van der Waals surface area contributed by atoms with E-state index >= 15 is 0 Å². The van der Waals surface area contributed by atoms with Gasteiger partial charge in [-0.15, -0.1) is 0 Å². The van der Waals surface area contributed by atoms with Crippen LogP contribution in [0.25, 0.3) is 0 Å². The number of carboxylic acid groups (broad SMARTS) is 1. The smallest absolute Gasteiger partial charge is 0.418 e. The van der Waals surface area contributed by atoms with Crippen LogP contribution in [-0.2, 0) is 17.4 Å². The van der Waals surface area contributed by atoms with Crippen molar-refractivity contribution in [2.24, 2.45) is 5.92 Å². The highest BCUT2D eigenvalue weighted by atomic mass is 19.4. The molecule has 3 aromatic rings. The number of carboxylic acids is 1. The van der Waals surface area contributed by atoms with Crippen molar-refractivity contribution in [1.82, 2.24) is 4.57 Å². The van der Waals surface area contributed by atoms with Crippen LogP contribution in [0.5, 0.6) is 5.75 Å². The molecule has 1 fully saturated rings. The molecule has 6 nitrogen and oxygen atoms in total. The molecule has 11 heteroatoms. The second-order valence-electron chi connectivity index (χ2n) is 9.55. The minimum Gasteiger partial charge on any atom is -0.490 e. The highest BCUT2D eigenvalue weighted by Gasteiger charge is 2.45. The maximum absolute atomic E-state index is 13.9. The number of anilines is 1. The number of alkyl halides is 3. The van der Waals surface area contributed by atoms with Crippen molar-refractivity contribution in [1.29, 1.82) is 0 Å². The molecule has 1 aromatic heterocycles. The number of nitrogens with one attached hydrogen (secondary N) is 1. The molecule has 1 unspecified atom stereocenters. The van der Waals surface area contributed by atoms with Crippen LogP contribution < -0.4 is 10.1 Å². The quantitative estimate of drug-likeness (QED) is 0.272. The largest absolute Gasteiger partial charge is 0.490 e. The SMILES string of the molecule is CCC(C)n1c(CCOc2ccc(F)cc2F)ccc1C(=O)Nc1cc([C@H]2C[C@H]2C(=O)O)ccc1C(F)(F)F. The first-order valence-corrected chi connectivity index (χ1v) is 12.4. The van der Waals surface area contributed by atoms with Crippen molar-refractivity contribution < 1.29 is 41.4 Å². The van der Waals surface area contributed by atoms with E-state index < -0.39 is 52.8 Å². The molecule has 1 aliphatic rings. The summed E-state index contributed by atoms with van der Waals surface area (Å²) in [5.74, 6) is -4.58. The van der Waals surface area contributed by atoms with Gasteiger partial charge in [0.2, 0.25) is 0 Å². The van der Waals surface area contributed by atoms with Crippen molar-refractivity contribution in [3.63, 3.8) is 0 Å². The molecule has 0 saturated heterocycles. The molecule has 3 atom stereocenters. The average molecular weight is 551 g/mol.